The van der Waals surface area contributed by atoms with Gasteiger partial charge in [0.1, 0.15) is 11.9 Å². The zero-order valence-corrected chi connectivity index (χ0v) is 12.7. The van der Waals surface area contributed by atoms with E-state index in [0.717, 1.165) is 23.6 Å². The van der Waals surface area contributed by atoms with Gasteiger partial charge in [-0.2, -0.15) is 5.10 Å². The lowest BCUT2D eigenvalue weighted by atomic mass is 10.3. The van der Waals surface area contributed by atoms with Crippen molar-refractivity contribution in [2.75, 3.05) is 6.61 Å². The van der Waals surface area contributed by atoms with Crippen LogP contribution >= 0.6 is 11.6 Å². The number of halogens is 1. The average molecular weight is 284 g/mol. The molecule has 18 heavy (non-hydrogen) atoms. The van der Waals surface area contributed by atoms with Crippen molar-refractivity contribution in [1.29, 1.82) is 0 Å². The smallest absolute Gasteiger partial charge is 0.139 e. The van der Waals surface area contributed by atoms with Gasteiger partial charge in [-0.3, -0.25) is 0 Å². The summed E-state index contributed by atoms with van der Waals surface area (Å²) in [6, 6.07) is 2.97. The Labute approximate surface area is 113 Å². The van der Waals surface area contributed by atoms with E-state index in [2.05, 4.69) is 29.7 Å². The van der Waals surface area contributed by atoms with Gasteiger partial charge in [-0.05, 0) is 6.04 Å². The first-order chi connectivity index (χ1) is 8.46. The highest BCUT2D eigenvalue weighted by atomic mass is 35.5. The topological polar surface area (TPSA) is 39.9 Å². The zero-order chi connectivity index (χ0) is 13.2. The largest absolute Gasteiger partial charge is 0.360 e. The summed E-state index contributed by atoms with van der Waals surface area (Å²) >= 11 is 5.88. The van der Waals surface area contributed by atoms with E-state index in [9.17, 15) is 0 Å². The molecule has 0 atom stereocenters. The summed E-state index contributed by atoms with van der Waals surface area (Å²) in [5.74, 6) is 0. The van der Waals surface area contributed by atoms with E-state index < -0.39 is 8.07 Å². The quantitative estimate of drug-likeness (QED) is 0.480. The molecule has 0 fully saturated rings. The van der Waals surface area contributed by atoms with Crippen molar-refractivity contribution >= 4 is 30.6 Å². The maximum atomic E-state index is 5.88. The lowest BCUT2D eigenvalue weighted by Crippen LogP contribution is -2.22. The first-order valence-electron chi connectivity index (χ1n) is 6.00. The minimum Gasteiger partial charge on any atom is -0.360 e. The molecule has 2 aromatic heterocycles. The van der Waals surface area contributed by atoms with Crippen molar-refractivity contribution in [2.24, 2.45) is 0 Å². The summed E-state index contributed by atoms with van der Waals surface area (Å²) in [6.45, 7) is 8.27. The van der Waals surface area contributed by atoms with Crippen molar-refractivity contribution in [3.05, 3.63) is 23.6 Å². The van der Waals surface area contributed by atoms with Crippen LogP contribution in [0, 0.1) is 0 Å². The Kier molecular flexibility index (Phi) is 4.04. The SMILES string of the molecule is C[Si](C)(C)CCOCn1ncc2cnc(Cl)cc21. The van der Waals surface area contributed by atoms with Crippen molar-refractivity contribution in [2.45, 2.75) is 32.4 Å². The third-order valence-corrected chi connectivity index (χ3v) is 4.61. The van der Waals surface area contributed by atoms with Gasteiger partial charge in [0.05, 0.1) is 11.7 Å². The third kappa shape index (κ3) is 3.54. The fourth-order valence-electron chi connectivity index (χ4n) is 1.58. The number of hydrogen-bond acceptors (Lipinski definition) is 3. The van der Waals surface area contributed by atoms with Crippen molar-refractivity contribution in [3.8, 4) is 0 Å². The molecule has 0 spiro atoms. The Morgan fingerprint density at radius 3 is 2.83 bits per heavy atom. The monoisotopic (exact) mass is 283 g/mol. The van der Waals surface area contributed by atoms with Gasteiger partial charge < -0.3 is 4.74 Å². The standard InChI is InChI=1S/C12H18ClN3OSi/c1-18(2,3)5-4-17-9-16-11-6-12(13)14-7-10(11)8-15-16/h6-8H,4-5,9H2,1-3H3. The van der Waals surface area contributed by atoms with E-state index >= 15 is 0 Å². The molecule has 0 aliphatic heterocycles. The lowest BCUT2D eigenvalue weighted by Gasteiger charge is -2.15. The second-order valence-corrected chi connectivity index (χ2v) is 11.6. The Morgan fingerprint density at radius 2 is 2.11 bits per heavy atom. The van der Waals surface area contributed by atoms with Gasteiger partial charge in [0.25, 0.3) is 0 Å². The molecule has 0 bridgehead atoms. The molecule has 6 heteroatoms. The van der Waals surface area contributed by atoms with Gasteiger partial charge in [0.2, 0.25) is 0 Å². The predicted octanol–water partition coefficient (Wildman–Crippen LogP) is 3.40. The van der Waals surface area contributed by atoms with Crippen molar-refractivity contribution in [1.82, 2.24) is 14.8 Å². The van der Waals surface area contributed by atoms with Crippen LogP contribution in [0.2, 0.25) is 30.8 Å². The van der Waals surface area contributed by atoms with Crippen LogP contribution in [0.25, 0.3) is 10.9 Å². The predicted molar refractivity (Wildman–Crippen MR) is 76.6 cm³/mol. The van der Waals surface area contributed by atoms with E-state index in [1.165, 1.54) is 0 Å². The fourth-order valence-corrected chi connectivity index (χ4v) is 2.49. The summed E-state index contributed by atoms with van der Waals surface area (Å²) in [5.41, 5.74) is 0.961. The third-order valence-electron chi connectivity index (χ3n) is 2.70. The Balaban J connectivity index is 1.98. The van der Waals surface area contributed by atoms with E-state index in [0.29, 0.717) is 11.9 Å². The minimum atomic E-state index is -1.03. The van der Waals surface area contributed by atoms with Crippen LogP contribution in [0.4, 0.5) is 0 Å². The Bertz CT molecular complexity index is 536. The molecular weight excluding hydrogens is 266 g/mol. The summed E-state index contributed by atoms with van der Waals surface area (Å²) in [6.07, 6.45) is 3.50. The highest BCUT2D eigenvalue weighted by Crippen LogP contribution is 2.16. The van der Waals surface area contributed by atoms with E-state index in [1.807, 2.05) is 10.7 Å². The summed E-state index contributed by atoms with van der Waals surface area (Å²) < 4.78 is 7.49. The number of fused-ring (bicyclic) bond motifs is 1. The number of pyridine rings is 1. The highest BCUT2D eigenvalue weighted by molar-refractivity contribution is 6.76. The van der Waals surface area contributed by atoms with E-state index in [4.69, 9.17) is 16.3 Å². The van der Waals surface area contributed by atoms with E-state index in [-0.39, 0.29) is 0 Å². The van der Waals surface area contributed by atoms with Gasteiger partial charge in [-0.15, -0.1) is 0 Å². The van der Waals surface area contributed by atoms with Gasteiger partial charge >= 0.3 is 0 Å². The highest BCUT2D eigenvalue weighted by Gasteiger charge is 2.12. The first kappa shape index (κ1) is 13.5. The molecule has 2 rings (SSSR count). The molecule has 0 saturated carbocycles. The Hall–Kier alpha value is -0.913. The van der Waals surface area contributed by atoms with Gasteiger partial charge in [0.15, 0.2) is 0 Å². The molecule has 0 aliphatic rings. The maximum absolute atomic E-state index is 5.88. The van der Waals surface area contributed by atoms with Crippen LogP contribution in [-0.4, -0.2) is 29.4 Å². The molecule has 98 valence electrons. The molecule has 4 nitrogen and oxygen atoms in total. The van der Waals surface area contributed by atoms with Gasteiger partial charge in [0, 0.05) is 32.3 Å². The summed E-state index contributed by atoms with van der Waals surface area (Å²) in [4.78, 5) is 4.03. The normalized spacial score (nSPS) is 12.2. The van der Waals surface area contributed by atoms with Crippen LogP contribution in [0.3, 0.4) is 0 Å². The minimum absolute atomic E-state index is 0.467. The van der Waals surface area contributed by atoms with Crippen molar-refractivity contribution in [3.63, 3.8) is 0 Å². The number of aromatic nitrogens is 3. The molecule has 0 unspecified atom stereocenters. The van der Waals surface area contributed by atoms with Gasteiger partial charge in [-0.1, -0.05) is 31.2 Å². The molecule has 0 amide bonds. The van der Waals surface area contributed by atoms with Crippen LogP contribution in [-0.2, 0) is 11.5 Å². The van der Waals surface area contributed by atoms with E-state index in [1.54, 1.807) is 12.4 Å². The number of nitrogens with zero attached hydrogens (tertiary/aromatic N) is 3. The van der Waals surface area contributed by atoms with Gasteiger partial charge in [-0.25, -0.2) is 9.67 Å². The lowest BCUT2D eigenvalue weighted by molar-refractivity contribution is 0.0817. The molecule has 2 heterocycles. The molecule has 0 N–H and O–H groups in total. The van der Waals surface area contributed by atoms with Crippen LogP contribution < -0.4 is 0 Å². The average Bonchev–Trinajstić information content (AvgIpc) is 2.66. The van der Waals surface area contributed by atoms with Crippen LogP contribution in [0.1, 0.15) is 0 Å². The Morgan fingerprint density at radius 1 is 1.33 bits per heavy atom. The molecule has 0 aromatic carbocycles. The maximum Gasteiger partial charge on any atom is 0.139 e. The second-order valence-electron chi connectivity index (χ2n) is 5.56. The number of ether oxygens (including phenoxy) is 1. The van der Waals surface area contributed by atoms with Crippen molar-refractivity contribution < 1.29 is 4.74 Å². The second kappa shape index (κ2) is 5.38. The molecule has 0 aliphatic carbocycles. The molecule has 2 aromatic rings. The fraction of sp³-hybridized carbons (Fsp3) is 0.500. The van der Waals surface area contributed by atoms with Crippen LogP contribution in [0.5, 0.6) is 0 Å². The zero-order valence-electron chi connectivity index (χ0n) is 11.0. The molecule has 0 radical (unpaired) electrons. The molecule has 0 saturated heterocycles. The summed E-state index contributed by atoms with van der Waals surface area (Å²) in [5, 5.41) is 5.73. The number of rotatable bonds is 5. The molecular formula is C12H18ClN3OSi. The van der Waals surface area contributed by atoms with Crippen LogP contribution in [0.15, 0.2) is 18.5 Å². The number of hydrogen-bond donors (Lipinski definition) is 0. The first-order valence-corrected chi connectivity index (χ1v) is 10.1. The summed E-state index contributed by atoms with van der Waals surface area (Å²) in [7, 11) is -1.03.